The molecular formula is C12H14N2O3S. The van der Waals surface area contributed by atoms with Crippen molar-refractivity contribution >= 4 is 28.3 Å². The molecule has 0 bridgehead atoms. The van der Waals surface area contributed by atoms with Gasteiger partial charge in [0.25, 0.3) is 0 Å². The minimum absolute atomic E-state index is 0.0397. The summed E-state index contributed by atoms with van der Waals surface area (Å²) in [5.74, 6) is -0.119. The average Bonchev–Trinajstić information content (AvgIpc) is 2.98. The Bertz CT molecular complexity index is 495. The lowest BCUT2D eigenvalue weighted by atomic mass is 10.1. The third kappa shape index (κ3) is 2.01. The van der Waals surface area contributed by atoms with Gasteiger partial charge in [-0.15, -0.1) is 11.3 Å². The number of ether oxygens (including phenoxy) is 1. The molecule has 2 aliphatic rings. The molecule has 1 saturated carbocycles. The Balaban J connectivity index is 1.75. The zero-order valence-corrected chi connectivity index (χ0v) is 10.9. The van der Waals surface area contributed by atoms with E-state index in [9.17, 15) is 9.59 Å². The minimum Gasteiger partial charge on any atom is -0.469 e. The molecule has 1 unspecified atom stereocenters. The zero-order valence-electron chi connectivity index (χ0n) is 10.1. The molecule has 1 aliphatic carbocycles. The van der Waals surface area contributed by atoms with Gasteiger partial charge in [0.05, 0.1) is 18.7 Å². The van der Waals surface area contributed by atoms with Crippen LogP contribution in [0.5, 0.6) is 0 Å². The molecule has 0 N–H and O–H groups in total. The van der Waals surface area contributed by atoms with E-state index in [1.807, 2.05) is 5.38 Å². The van der Waals surface area contributed by atoms with Crippen LogP contribution in [0.3, 0.4) is 0 Å². The van der Waals surface area contributed by atoms with Crippen LogP contribution in [0.4, 0.5) is 5.13 Å². The molecule has 1 aromatic heterocycles. The number of esters is 1. The zero-order chi connectivity index (χ0) is 12.7. The number of aromatic nitrogens is 1. The van der Waals surface area contributed by atoms with Crippen LogP contribution >= 0.6 is 11.3 Å². The lowest BCUT2D eigenvalue weighted by Crippen LogP contribution is -2.26. The topological polar surface area (TPSA) is 59.5 Å². The Kier molecular flexibility index (Phi) is 2.81. The number of hydrogen-bond donors (Lipinski definition) is 0. The van der Waals surface area contributed by atoms with E-state index in [0.717, 1.165) is 5.69 Å². The van der Waals surface area contributed by atoms with Gasteiger partial charge in [-0.1, -0.05) is 0 Å². The summed E-state index contributed by atoms with van der Waals surface area (Å²) in [6.07, 6.45) is 2.62. The molecule has 5 nitrogen and oxygen atoms in total. The molecule has 0 spiro atoms. The van der Waals surface area contributed by atoms with Gasteiger partial charge in [-0.2, -0.15) is 0 Å². The Hall–Kier alpha value is -1.43. The summed E-state index contributed by atoms with van der Waals surface area (Å²) in [5, 5.41) is 2.74. The fourth-order valence-corrected chi connectivity index (χ4v) is 3.12. The molecule has 2 fully saturated rings. The first kappa shape index (κ1) is 11.6. The standard InChI is InChI=1S/C12H14N2O3S/c1-17-11(16)8-4-10(15)14(5-8)12-13-9(6-18-12)7-2-3-7/h6-8H,2-5H2,1H3. The van der Waals surface area contributed by atoms with Gasteiger partial charge in [0.2, 0.25) is 5.91 Å². The number of rotatable bonds is 3. The van der Waals surface area contributed by atoms with Gasteiger partial charge in [-0.05, 0) is 12.8 Å². The molecule has 1 saturated heterocycles. The highest BCUT2D eigenvalue weighted by molar-refractivity contribution is 7.14. The van der Waals surface area contributed by atoms with Crippen molar-refractivity contribution in [1.29, 1.82) is 0 Å². The highest BCUT2D eigenvalue weighted by Gasteiger charge is 2.37. The van der Waals surface area contributed by atoms with E-state index in [0.29, 0.717) is 17.6 Å². The monoisotopic (exact) mass is 266 g/mol. The summed E-state index contributed by atoms with van der Waals surface area (Å²) >= 11 is 1.48. The number of carbonyl (C=O) groups excluding carboxylic acids is 2. The molecular weight excluding hydrogens is 252 g/mol. The van der Waals surface area contributed by atoms with Gasteiger partial charge in [0, 0.05) is 24.3 Å². The Morgan fingerprint density at radius 3 is 3.00 bits per heavy atom. The maximum absolute atomic E-state index is 11.9. The maximum Gasteiger partial charge on any atom is 0.311 e. The molecule has 1 aliphatic heterocycles. The summed E-state index contributed by atoms with van der Waals surface area (Å²) < 4.78 is 4.69. The van der Waals surface area contributed by atoms with Crippen molar-refractivity contribution in [2.45, 2.75) is 25.2 Å². The number of thiazole rings is 1. The first-order valence-corrected chi connectivity index (χ1v) is 6.90. The predicted octanol–water partition coefficient (Wildman–Crippen LogP) is 1.55. The van der Waals surface area contributed by atoms with Crippen LogP contribution in [0, 0.1) is 5.92 Å². The summed E-state index contributed by atoms with van der Waals surface area (Å²) in [6, 6.07) is 0. The van der Waals surface area contributed by atoms with Gasteiger partial charge < -0.3 is 4.74 Å². The number of nitrogens with zero attached hydrogens (tertiary/aromatic N) is 2. The van der Waals surface area contributed by atoms with Crippen LogP contribution in [0.15, 0.2) is 5.38 Å². The van der Waals surface area contributed by atoms with Gasteiger partial charge >= 0.3 is 5.97 Å². The normalized spacial score (nSPS) is 23.5. The molecule has 96 valence electrons. The van der Waals surface area contributed by atoms with Gasteiger partial charge in [0.1, 0.15) is 0 Å². The number of carbonyl (C=O) groups is 2. The van der Waals surface area contributed by atoms with Crippen LogP contribution in [0.2, 0.25) is 0 Å². The molecule has 1 amide bonds. The SMILES string of the molecule is COC(=O)C1CC(=O)N(c2nc(C3CC3)cs2)C1. The smallest absolute Gasteiger partial charge is 0.311 e. The number of amides is 1. The summed E-state index contributed by atoms with van der Waals surface area (Å²) in [4.78, 5) is 29.4. The fourth-order valence-electron chi connectivity index (χ4n) is 2.18. The van der Waals surface area contributed by atoms with Crippen molar-refractivity contribution in [3.05, 3.63) is 11.1 Å². The first-order chi connectivity index (χ1) is 8.69. The number of anilines is 1. The van der Waals surface area contributed by atoms with Crippen LogP contribution in [0.25, 0.3) is 0 Å². The third-order valence-electron chi connectivity index (χ3n) is 3.40. The fraction of sp³-hybridized carbons (Fsp3) is 0.583. The lowest BCUT2D eigenvalue weighted by Gasteiger charge is -2.11. The second kappa shape index (κ2) is 4.35. The van der Waals surface area contributed by atoms with Gasteiger partial charge in [-0.25, -0.2) is 4.98 Å². The number of hydrogen-bond acceptors (Lipinski definition) is 5. The predicted molar refractivity (Wildman–Crippen MR) is 66.6 cm³/mol. The van der Waals surface area contributed by atoms with Crippen LogP contribution in [-0.4, -0.2) is 30.5 Å². The second-order valence-corrected chi connectivity index (χ2v) is 5.59. The summed E-state index contributed by atoms with van der Waals surface area (Å²) in [5.41, 5.74) is 1.09. The largest absolute Gasteiger partial charge is 0.469 e. The molecule has 2 heterocycles. The van der Waals surface area contributed by atoms with Crippen molar-refractivity contribution in [2.24, 2.45) is 5.92 Å². The highest BCUT2D eigenvalue weighted by atomic mass is 32.1. The van der Waals surface area contributed by atoms with Crippen molar-refractivity contribution in [1.82, 2.24) is 4.98 Å². The van der Waals surface area contributed by atoms with Crippen LogP contribution in [0.1, 0.15) is 30.9 Å². The molecule has 0 aromatic carbocycles. The van der Waals surface area contributed by atoms with E-state index >= 15 is 0 Å². The van der Waals surface area contributed by atoms with Crippen molar-refractivity contribution in [3.63, 3.8) is 0 Å². The number of methoxy groups -OCH3 is 1. The quantitative estimate of drug-likeness (QED) is 0.779. The average molecular weight is 266 g/mol. The Labute approximate surface area is 109 Å². The Morgan fingerprint density at radius 1 is 1.56 bits per heavy atom. The highest BCUT2D eigenvalue weighted by Crippen LogP contribution is 2.42. The first-order valence-electron chi connectivity index (χ1n) is 6.02. The maximum atomic E-state index is 11.9. The minimum atomic E-state index is -0.351. The summed E-state index contributed by atoms with van der Waals surface area (Å²) in [7, 11) is 1.35. The Morgan fingerprint density at radius 2 is 2.33 bits per heavy atom. The van der Waals surface area contributed by atoms with Gasteiger partial charge in [-0.3, -0.25) is 14.5 Å². The molecule has 1 aromatic rings. The second-order valence-electron chi connectivity index (χ2n) is 4.76. The molecule has 0 radical (unpaired) electrons. The van der Waals surface area contributed by atoms with Crippen molar-refractivity contribution in [3.8, 4) is 0 Å². The summed E-state index contributed by atoms with van der Waals surface area (Å²) in [6.45, 7) is 0.392. The van der Waals surface area contributed by atoms with E-state index in [1.54, 1.807) is 4.90 Å². The molecule has 1 atom stereocenters. The van der Waals surface area contributed by atoms with E-state index in [-0.39, 0.29) is 24.2 Å². The van der Waals surface area contributed by atoms with E-state index in [2.05, 4.69) is 9.72 Å². The molecule has 3 rings (SSSR count). The van der Waals surface area contributed by atoms with E-state index < -0.39 is 0 Å². The lowest BCUT2D eigenvalue weighted by molar-refractivity contribution is -0.145. The molecule has 6 heteroatoms. The van der Waals surface area contributed by atoms with Gasteiger partial charge in [0.15, 0.2) is 5.13 Å². The van der Waals surface area contributed by atoms with Crippen molar-refractivity contribution < 1.29 is 14.3 Å². The van der Waals surface area contributed by atoms with E-state index in [4.69, 9.17) is 0 Å². The van der Waals surface area contributed by atoms with Crippen molar-refractivity contribution in [2.75, 3.05) is 18.6 Å². The third-order valence-corrected chi connectivity index (χ3v) is 4.28. The molecule has 18 heavy (non-hydrogen) atoms. The van der Waals surface area contributed by atoms with E-state index in [1.165, 1.54) is 31.3 Å². The van der Waals surface area contributed by atoms with Crippen LogP contribution in [-0.2, 0) is 14.3 Å². The van der Waals surface area contributed by atoms with Crippen LogP contribution < -0.4 is 4.90 Å².